The maximum atomic E-state index is 13.1. The van der Waals surface area contributed by atoms with Gasteiger partial charge in [0.2, 0.25) is 0 Å². The molecule has 2 aromatic rings. The number of likely N-dealkylation sites (N-methyl/N-ethyl adjacent to an activating group) is 1. The Morgan fingerprint density at radius 2 is 1.75 bits per heavy atom. The number of likely N-dealkylation sites (tertiary alicyclic amines) is 1. The molecule has 6 nitrogen and oxygen atoms in total. The number of carbonyl (C=O) groups is 1. The molecule has 0 radical (unpaired) electrons. The summed E-state index contributed by atoms with van der Waals surface area (Å²) in [5, 5.41) is 10.8. The minimum absolute atomic E-state index is 0.0564. The van der Waals surface area contributed by atoms with E-state index in [0.717, 1.165) is 63.7 Å². The molecule has 1 aromatic carbocycles. The van der Waals surface area contributed by atoms with Crippen LogP contribution in [0.3, 0.4) is 0 Å². The number of carbonyl (C=O) groups excluding carboxylic acids is 1. The highest BCUT2D eigenvalue weighted by atomic mass is 16.3. The first-order chi connectivity index (χ1) is 13.4. The molecule has 1 saturated heterocycles. The molecule has 2 heterocycles. The van der Waals surface area contributed by atoms with Gasteiger partial charge in [-0.3, -0.25) is 14.8 Å². The number of aromatic nitrogens is 2. The average molecular weight is 383 g/mol. The van der Waals surface area contributed by atoms with Crippen molar-refractivity contribution in [1.29, 1.82) is 0 Å². The van der Waals surface area contributed by atoms with Gasteiger partial charge in [0.15, 0.2) is 0 Å². The molecule has 1 amide bonds. The molecule has 150 valence electrons. The molecule has 2 fully saturated rings. The van der Waals surface area contributed by atoms with E-state index in [-0.39, 0.29) is 11.3 Å². The molecule has 0 bridgehead atoms. The van der Waals surface area contributed by atoms with Crippen molar-refractivity contribution < 1.29 is 9.90 Å². The highest BCUT2D eigenvalue weighted by Crippen LogP contribution is 2.47. The fraction of sp³-hybridized carbons (Fsp3) is 0.591. The number of fused-ring (bicyclic) bond motifs is 1. The van der Waals surface area contributed by atoms with Crippen LogP contribution < -0.4 is 0 Å². The Bertz CT molecular complexity index is 843. The third kappa shape index (κ3) is 3.76. The number of piperidine rings is 1. The predicted octanol–water partition coefficient (Wildman–Crippen LogP) is 2.72. The van der Waals surface area contributed by atoms with E-state index in [1.54, 1.807) is 12.4 Å². The summed E-state index contributed by atoms with van der Waals surface area (Å²) >= 11 is 0. The summed E-state index contributed by atoms with van der Waals surface area (Å²) in [5.74, 6) is 0.0564. The van der Waals surface area contributed by atoms with Crippen LogP contribution in [0.2, 0.25) is 0 Å². The quantitative estimate of drug-likeness (QED) is 0.884. The number of para-hydroxylation sites is 1. The van der Waals surface area contributed by atoms with Gasteiger partial charge in [-0.25, -0.2) is 0 Å². The van der Waals surface area contributed by atoms with E-state index in [2.05, 4.69) is 14.9 Å². The van der Waals surface area contributed by atoms with Gasteiger partial charge >= 0.3 is 0 Å². The maximum absolute atomic E-state index is 13.1. The fourth-order valence-electron chi connectivity index (χ4n) is 5.01. The van der Waals surface area contributed by atoms with Crippen LogP contribution in [-0.2, 0) is 0 Å². The number of rotatable bonds is 3. The Kier molecular flexibility index (Phi) is 5.10. The zero-order valence-electron chi connectivity index (χ0n) is 16.9. The van der Waals surface area contributed by atoms with E-state index in [4.69, 9.17) is 0 Å². The van der Waals surface area contributed by atoms with Gasteiger partial charge in [0.05, 0.1) is 16.7 Å². The number of amides is 1. The van der Waals surface area contributed by atoms with E-state index in [0.29, 0.717) is 11.1 Å². The lowest BCUT2D eigenvalue weighted by Crippen LogP contribution is -2.49. The van der Waals surface area contributed by atoms with E-state index in [9.17, 15) is 9.90 Å². The van der Waals surface area contributed by atoms with Crippen LogP contribution in [0.4, 0.5) is 0 Å². The standard InChI is InChI=1S/C22H30N4O2/c1-25(2)16-22(28)8-6-21(7-9-22)10-14-26(15-11-21)20(27)17-4-3-5-18-19(17)24-13-12-23-18/h3-5,12-13,28H,6-11,14-16H2,1-2H3. The first-order valence-electron chi connectivity index (χ1n) is 10.3. The minimum Gasteiger partial charge on any atom is -0.389 e. The second-order valence-corrected chi connectivity index (χ2v) is 8.98. The Hall–Kier alpha value is -2.05. The Morgan fingerprint density at radius 1 is 1.07 bits per heavy atom. The van der Waals surface area contributed by atoms with Crippen molar-refractivity contribution in [1.82, 2.24) is 19.8 Å². The van der Waals surface area contributed by atoms with Crippen LogP contribution in [0.15, 0.2) is 30.6 Å². The summed E-state index contributed by atoms with van der Waals surface area (Å²) in [6, 6.07) is 5.62. The van der Waals surface area contributed by atoms with Crippen molar-refractivity contribution in [3.05, 3.63) is 36.2 Å². The molecule has 1 N–H and O–H groups in total. The van der Waals surface area contributed by atoms with Crippen LogP contribution in [0.25, 0.3) is 11.0 Å². The molecule has 1 aliphatic heterocycles. The summed E-state index contributed by atoms with van der Waals surface area (Å²) in [7, 11) is 4.04. The molecule has 1 spiro atoms. The van der Waals surface area contributed by atoms with Gasteiger partial charge in [0.25, 0.3) is 5.91 Å². The van der Waals surface area contributed by atoms with E-state index < -0.39 is 5.60 Å². The fourth-order valence-corrected chi connectivity index (χ4v) is 5.01. The highest BCUT2D eigenvalue weighted by Gasteiger charge is 2.44. The molecule has 1 aliphatic carbocycles. The monoisotopic (exact) mass is 382 g/mol. The van der Waals surface area contributed by atoms with Crippen molar-refractivity contribution in [2.75, 3.05) is 33.7 Å². The van der Waals surface area contributed by atoms with Crippen molar-refractivity contribution in [3.8, 4) is 0 Å². The van der Waals surface area contributed by atoms with Crippen LogP contribution in [0.1, 0.15) is 48.9 Å². The van der Waals surface area contributed by atoms with Crippen molar-refractivity contribution >= 4 is 16.9 Å². The molecule has 4 rings (SSSR count). The predicted molar refractivity (Wildman–Crippen MR) is 109 cm³/mol. The van der Waals surface area contributed by atoms with Gasteiger partial charge in [-0.15, -0.1) is 0 Å². The van der Waals surface area contributed by atoms with Crippen LogP contribution in [-0.4, -0.2) is 70.1 Å². The number of hydrogen-bond donors (Lipinski definition) is 1. The van der Waals surface area contributed by atoms with Crippen molar-refractivity contribution in [3.63, 3.8) is 0 Å². The van der Waals surface area contributed by atoms with Gasteiger partial charge in [0, 0.05) is 32.0 Å². The summed E-state index contributed by atoms with van der Waals surface area (Å²) in [5.41, 5.74) is 1.82. The van der Waals surface area contributed by atoms with Gasteiger partial charge in [-0.05, 0) is 70.2 Å². The van der Waals surface area contributed by atoms with Crippen LogP contribution >= 0.6 is 0 Å². The van der Waals surface area contributed by atoms with E-state index in [1.807, 2.05) is 37.2 Å². The van der Waals surface area contributed by atoms with Crippen molar-refractivity contribution in [2.45, 2.75) is 44.1 Å². The third-order valence-electron chi connectivity index (χ3n) is 6.69. The van der Waals surface area contributed by atoms with E-state index in [1.165, 1.54) is 0 Å². The molecule has 1 aromatic heterocycles. The molecular weight excluding hydrogens is 352 g/mol. The minimum atomic E-state index is -0.552. The lowest BCUT2D eigenvalue weighted by Gasteiger charge is -2.48. The summed E-state index contributed by atoms with van der Waals surface area (Å²) in [4.78, 5) is 25.9. The van der Waals surface area contributed by atoms with E-state index >= 15 is 0 Å². The summed E-state index contributed by atoms with van der Waals surface area (Å²) in [6.07, 6.45) is 9.16. The zero-order valence-corrected chi connectivity index (χ0v) is 16.9. The van der Waals surface area contributed by atoms with Crippen LogP contribution in [0, 0.1) is 5.41 Å². The highest BCUT2D eigenvalue weighted by molar-refractivity contribution is 6.04. The zero-order chi connectivity index (χ0) is 19.8. The molecule has 0 atom stereocenters. The molecule has 28 heavy (non-hydrogen) atoms. The van der Waals surface area contributed by atoms with Gasteiger partial charge < -0.3 is 14.9 Å². The number of benzene rings is 1. The average Bonchev–Trinajstić information content (AvgIpc) is 2.70. The molecule has 2 aliphatic rings. The van der Waals surface area contributed by atoms with Crippen LogP contribution in [0.5, 0.6) is 0 Å². The van der Waals surface area contributed by atoms with Crippen molar-refractivity contribution in [2.24, 2.45) is 5.41 Å². The number of nitrogens with zero attached hydrogens (tertiary/aromatic N) is 4. The third-order valence-corrected chi connectivity index (χ3v) is 6.69. The summed E-state index contributed by atoms with van der Waals surface area (Å²) < 4.78 is 0. The molecule has 1 saturated carbocycles. The molecular formula is C22H30N4O2. The second kappa shape index (κ2) is 7.41. The topological polar surface area (TPSA) is 69.6 Å². The second-order valence-electron chi connectivity index (χ2n) is 8.98. The largest absolute Gasteiger partial charge is 0.389 e. The lowest BCUT2D eigenvalue weighted by molar-refractivity contribution is -0.0615. The normalized spacial score (nSPS) is 21.4. The summed E-state index contributed by atoms with van der Waals surface area (Å²) in [6.45, 7) is 2.29. The maximum Gasteiger partial charge on any atom is 0.256 e. The first kappa shape index (κ1) is 19.3. The van der Waals surface area contributed by atoms with Gasteiger partial charge in [-0.2, -0.15) is 0 Å². The Balaban J connectivity index is 1.41. The Labute approximate surface area is 166 Å². The SMILES string of the molecule is CN(C)CC1(O)CCC2(CCN(C(=O)c3cccc4nccnc34)CC2)CC1. The van der Waals surface area contributed by atoms with Gasteiger partial charge in [-0.1, -0.05) is 6.07 Å². The molecule has 0 unspecified atom stereocenters. The molecule has 6 heteroatoms. The number of aliphatic hydroxyl groups is 1. The smallest absolute Gasteiger partial charge is 0.256 e. The Morgan fingerprint density at radius 3 is 2.43 bits per heavy atom. The van der Waals surface area contributed by atoms with Gasteiger partial charge in [0.1, 0.15) is 5.52 Å². The lowest BCUT2D eigenvalue weighted by atomic mass is 9.64. The number of hydrogen-bond acceptors (Lipinski definition) is 5. The first-order valence-corrected chi connectivity index (χ1v) is 10.3.